The summed E-state index contributed by atoms with van der Waals surface area (Å²) >= 11 is 1.54. The number of aromatic nitrogens is 4. The maximum atomic E-state index is 12.9. The highest BCUT2D eigenvalue weighted by atomic mass is 32.2. The van der Waals surface area contributed by atoms with E-state index in [1.165, 1.54) is 34.9 Å². The Balaban J connectivity index is 1.77. The molecular formula is C19H22N6O3S2. The van der Waals surface area contributed by atoms with E-state index in [2.05, 4.69) is 25.6 Å². The summed E-state index contributed by atoms with van der Waals surface area (Å²) in [6, 6.07) is 12.5. The maximum Gasteiger partial charge on any atom is 0.242 e. The van der Waals surface area contributed by atoms with Gasteiger partial charge in [0, 0.05) is 5.69 Å². The third kappa shape index (κ3) is 5.65. The zero-order valence-electron chi connectivity index (χ0n) is 16.5. The third-order valence-corrected chi connectivity index (χ3v) is 6.41. The van der Waals surface area contributed by atoms with Crippen molar-refractivity contribution in [1.29, 1.82) is 0 Å². The molecule has 0 saturated carbocycles. The summed E-state index contributed by atoms with van der Waals surface area (Å²) in [6.45, 7) is 1.88. The molecule has 1 unspecified atom stereocenters. The minimum Gasteiger partial charge on any atom is -0.325 e. The Morgan fingerprint density at radius 2 is 1.97 bits per heavy atom. The molecule has 1 atom stereocenters. The molecule has 3 aromatic rings. The Kier molecular flexibility index (Phi) is 7.19. The van der Waals surface area contributed by atoms with Crippen LogP contribution >= 0.6 is 11.8 Å². The molecule has 1 amide bonds. The van der Waals surface area contributed by atoms with Gasteiger partial charge in [-0.1, -0.05) is 23.8 Å². The van der Waals surface area contributed by atoms with Crippen molar-refractivity contribution in [2.24, 2.45) is 0 Å². The lowest BCUT2D eigenvalue weighted by Gasteiger charge is -2.18. The van der Waals surface area contributed by atoms with Gasteiger partial charge in [-0.25, -0.2) is 13.1 Å². The topological polar surface area (TPSA) is 119 Å². The number of sulfonamides is 1. The largest absolute Gasteiger partial charge is 0.325 e. The molecule has 0 spiro atoms. The lowest BCUT2D eigenvalue weighted by molar-refractivity contribution is -0.117. The Hall–Kier alpha value is -2.76. The number of carbonyl (C=O) groups is 1. The minimum absolute atomic E-state index is 0.121. The minimum atomic E-state index is -3.84. The van der Waals surface area contributed by atoms with Crippen LogP contribution in [-0.2, 0) is 14.8 Å². The number of nitrogens with one attached hydrogen (secondary N) is 2. The van der Waals surface area contributed by atoms with Gasteiger partial charge < -0.3 is 5.32 Å². The van der Waals surface area contributed by atoms with Crippen LogP contribution in [0.4, 0.5) is 5.69 Å². The van der Waals surface area contributed by atoms with E-state index in [-0.39, 0.29) is 4.90 Å². The van der Waals surface area contributed by atoms with E-state index in [0.29, 0.717) is 23.5 Å². The molecule has 3 rings (SSSR count). The molecule has 9 nitrogen and oxygen atoms in total. The Labute approximate surface area is 179 Å². The number of nitrogens with zero attached hydrogens (tertiary/aromatic N) is 4. The molecule has 0 radical (unpaired) electrons. The van der Waals surface area contributed by atoms with Crippen molar-refractivity contribution in [2.45, 2.75) is 24.3 Å². The highest BCUT2D eigenvalue weighted by Crippen LogP contribution is 2.16. The molecule has 0 aliphatic rings. The quantitative estimate of drug-likeness (QED) is 0.516. The van der Waals surface area contributed by atoms with E-state index in [9.17, 15) is 13.2 Å². The van der Waals surface area contributed by atoms with Crippen molar-refractivity contribution in [3.05, 3.63) is 60.4 Å². The number of amides is 1. The predicted molar refractivity (Wildman–Crippen MR) is 116 cm³/mol. The van der Waals surface area contributed by atoms with Gasteiger partial charge in [-0.2, -0.15) is 16.5 Å². The summed E-state index contributed by atoms with van der Waals surface area (Å²) in [6.07, 6.45) is 3.70. The fraction of sp³-hybridized carbons (Fsp3) is 0.263. The first kappa shape index (κ1) is 21.9. The van der Waals surface area contributed by atoms with Gasteiger partial charge in [-0.05, 0) is 66.1 Å². The van der Waals surface area contributed by atoms with Gasteiger partial charge in [-0.3, -0.25) is 4.79 Å². The lowest BCUT2D eigenvalue weighted by Crippen LogP contribution is -2.44. The molecule has 0 aliphatic carbocycles. The van der Waals surface area contributed by atoms with Crippen LogP contribution in [0.3, 0.4) is 0 Å². The first-order chi connectivity index (χ1) is 14.4. The smallest absolute Gasteiger partial charge is 0.242 e. The van der Waals surface area contributed by atoms with Crippen LogP contribution in [0, 0.1) is 6.92 Å². The van der Waals surface area contributed by atoms with E-state index in [1.54, 1.807) is 36.4 Å². The first-order valence-electron chi connectivity index (χ1n) is 9.11. The van der Waals surface area contributed by atoms with Gasteiger partial charge in [0.25, 0.3) is 0 Å². The lowest BCUT2D eigenvalue weighted by atomic mass is 10.2. The zero-order chi connectivity index (χ0) is 21.6. The van der Waals surface area contributed by atoms with E-state index in [1.807, 2.05) is 13.2 Å². The van der Waals surface area contributed by atoms with Crippen molar-refractivity contribution in [3.63, 3.8) is 0 Å². The fourth-order valence-electron chi connectivity index (χ4n) is 2.69. The van der Waals surface area contributed by atoms with E-state index in [0.717, 1.165) is 5.56 Å². The third-order valence-electron chi connectivity index (χ3n) is 4.28. The molecule has 0 fully saturated rings. The number of aryl methyl sites for hydroxylation is 1. The summed E-state index contributed by atoms with van der Waals surface area (Å²) in [5.74, 6) is 0.188. The van der Waals surface area contributed by atoms with Crippen LogP contribution in [-0.4, -0.2) is 52.6 Å². The van der Waals surface area contributed by atoms with Crippen LogP contribution in [0.1, 0.15) is 12.0 Å². The predicted octanol–water partition coefficient (Wildman–Crippen LogP) is 2.01. The van der Waals surface area contributed by atoms with E-state index < -0.39 is 22.0 Å². The van der Waals surface area contributed by atoms with Crippen LogP contribution in [0.15, 0.2) is 59.8 Å². The molecule has 0 aliphatic heterocycles. The second-order valence-electron chi connectivity index (χ2n) is 6.56. The van der Waals surface area contributed by atoms with Crippen molar-refractivity contribution in [1.82, 2.24) is 24.9 Å². The van der Waals surface area contributed by atoms with E-state index >= 15 is 0 Å². The van der Waals surface area contributed by atoms with Crippen molar-refractivity contribution in [3.8, 4) is 5.69 Å². The number of hydrogen-bond donors (Lipinski definition) is 2. The number of anilines is 1. The maximum absolute atomic E-state index is 12.9. The molecular weight excluding hydrogens is 424 g/mol. The van der Waals surface area contributed by atoms with Gasteiger partial charge in [0.05, 0.1) is 10.6 Å². The number of hydrogen-bond acceptors (Lipinski definition) is 7. The van der Waals surface area contributed by atoms with Crippen LogP contribution in [0.25, 0.3) is 5.69 Å². The molecule has 30 heavy (non-hydrogen) atoms. The van der Waals surface area contributed by atoms with Crippen LogP contribution in [0.2, 0.25) is 0 Å². The van der Waals surface area contributed by atoms with Gasteiger partial charge in [0.2, 0.25) is 15.9 Å². The second-order valence-corrected chi connectivity index (χ2v) is 9.26. The summed E-state index contributed by atoms with van der Waals surface area (Å²) < 4.78 is 29.5. The SMILES string of the molecule is CSCCC(NS(=O)(=O)c1ccc(C)cc1)C(=O)Nc1cccc(-n2cnnn2)c1. The van der Waals surface area contributed by atoms with Gasteiger partial charge >= 0.3 is 0 Å². The fourth-order valence-corrected chi connectivity index (χ4v) is 4.39. The molecule has 158 valence electrons. The second kappa shape index (κ2) is 9.83. The molecule has 1 heterocycles. The summed E-state index contributed by atoms with van der Waals surface area (Å²) in [5.41, 5.74) is 2.13. The Morgan fingerprint density at radius 1 is 1.20 bits per heavy atom. The van der Waals surface area contributed by atoms with E-state index in [4.69, 9.17) is 0 Å². The monoisotopic (exact) mass is 446 g/mol. The van der Waals surface area contributed by atoms with Gasteiger partial charge in [0.1, 0.15) is 12.4 Å². The van der Waals surface area contributed by atoms with Crippen LogP contribution < -0.4 is 10.0 Å². The molecule has 11 heteroatoms. The number of tetrazole rings is 1. The highest BCUT2D eigenvalue weighted by molar-refractivity contribution is 7.98. The summed E-state index contributed by atoms with van der Waals surface area (Å²) in [5, 5.41) is 13.8. The van der Waals surface area contributed by atoms with Gasteiger partial charge in [-0.15, -0.1) is 5.10 Å². The van der Waals surface area contributed by atoms with Crippen LogP contribution in [0.5, 0.6) is 0 Å². The molecule has 0 bridgehead atoms. The normalized spacial score (nSPS) is 12.5. The number of rotatable bonds is 9. The molecule has 0 saturated heterocycles. The Bertz CT molecular complexity index is 1090. The number of carbonyl (C=O) groups excluding carboxylic acids is 1. The average molecular weight is 447 g/mol. The zero-order valence-corrected chi connectivity index (χ0v) is 18.2. The highest BCUT2D eigenvalue weighted by Gasteiger charge is 2.25. The summed E-state index contributed by atoms with van der Waals surface area (Å²) in [4.78, 5) is 13.0. The van der Waals surface area contributed by atoms with Crippen molar-refractivity contribution >= 4 is 33.4 Å². The molecule has 2 aromatic carbocycles. The van der Waals surface area contributed by atoms with Gasteiger partial charge in [0.15, 0.2) is 0 Å². The number of benzene rings is 2. The molecule has 2 N–H and O–H groups in total. The molecule has 1 aromatic heterocycles. The Morgan fingerprint density at radius 3 is 2.63 bits per heavy atom. The van der Waals surface area contributed by atoms with Crippen molar-refractivity contribution < 1.29 is 13.2 Å². The first-order valence-corrected chi connectivity index (χ1v) is 12.0. The average Bonchev–Trinajstić information content (AvgIpc) is 3.26. The van der Waals surface area contributed by atoms with Crippen molar-refractivity contribution in [2.75, 3.05) is 17.3 Å². The number of thioether (sulfide) groups is 1. The standard InChI is InChI=1S/C19H22N6O3S2/c1-14-6-8-17(9-7-14)30(27,28)22-18(10-11-29-2)19(26)21-15-4-3-5-16(12-15)25-13-20-23-24-25/h3-9,12-13,18,22H,10-11H2,1-2H3,(H,21,26). The summed E-state index contributed by atoms with van der Waals surface area (Å²) in [7, 11) is -3.84.